The molecule has 0 bridgehead atoms. The number of hydrogen-bond donors (Lipinski definition) is 1. The molecule has 2 aromatic carbocycles. The highest BCUT2D eigenvalue weighted by molar-refractivity contribution is 6.45. The molecule has 10 heteroatoms. The number of carbonyl (C=O) groups is 2. The van der Waals surface area contributed by atoms with Crippen molar-refractivity contribution in [2.24, 2.45) is 5.92 Å². The van der Waals surface area contributed by atoms with Gasteiger partial charge in [-0.05, 0) is 48.6 Å². The maximum atomic E-state index is 13.8. The molecule has 2 heterocycles. The van der Waals surface area contributed by atoms with Crippen LogP contribution >= 0.6 is 0 Å². The van der Waals surface area contributed by atoms with Crippen LogP contribution in [0.2, 0.25) is 0 Å². The second-order valence-electron chi connectivity index (χ2n) is 7.71. The quantitative estimate of drug-likeness (QED) is 0.433. The third-order valence-electron chi connectivity index (χ3n) is 5.68. The molecule has 0 spiro atoms. The SMILES string of the molecule is O=C1C(c2ccc([N+](=O)[O-])cc2)=C(N2CCCC(CO)C2)C(=O)N1c1ccc(F)c(F)c1. The van der Waals surface area contributed by atoms with Crippen molar-refractivity contribution in [2.45, 2.75) is 12.8 Å². The molecule has 1 saturated heterocycles. The summed E-state index contributed by atoms with van der Waals surface area (Å²) in [6.45, 7) is 0.728. The highest BCUT2D eigenvalue weighted by Gasteiger charge is 2.43. The lowest BCUT2D eigenvalue weighted by molar-refractivity contribution is -0.384. The first kappa shape index (κ1) is 21.6. The van der Waals surface area contributed by atoms with Crippen molar-refractivity contribution >= 4 is 28.8 Å². The molecule has 0 aromatic heterocycles. The van der Waals surface area contributed by atoms with E-state index in [0.29, 0.717) is 25.1 Å². The van der Waals surface area contributed by atoms with E-state index < -0.39 is 28.4 Å². The van der Waals surface area contributed by atoms with Gasteiger partial charge in [0.25, 0.3) is 17.5 Å². The number of aliphatic hydroxyl groups excluding tert-OH is 1. The Morgan fingerprint density at radius 2 is 1.78 bits per heavy atom. The first-order valence-electron chi connectivity index (χ1n) is 10.0. The predicted molar refractivity (Wildman–Crippen MR) is 110 cm³/mol. The normalized spacial score (nSPS) is 19.2. The topological polar surface area (TPSA) is 104 Å². The summed E-state index contributed by atoms with van der Waals surface area (Å²) in [6, 6.07) is 7.94. The molecule has 0 radical (unpaired) electrons. The number of benzene rings is 2. The van der Waals surface area contributed by atoms with Crippen molar-refractivity contribution in [3.8, 4) is 0 Å². The number of imide groups is 1. The van der Waals surface area contributed by atoms with E-state index >= 15 is 0 Å². The monoisotopic (exact) mass is 443 g/mol. The smallest absolute Gasteiger partial charge is 0.282 e. The number of anilines is 1. The lowest BCUT2D eigenvalue weighted by Gasteiger charge is -2.34. The Kier molecular flexibility index (Phi) is 5.70. The van der Waals surface area contributed by atoms with Gasteiger partial charge in [-0.25, -0.2) is 13.7 Å². The molecule has 1 unspecified atom stereocenters. The van der Waals surface area contributed by atoms with Gasteiger partial charge in [0.15, 0.2) is 11.6 Å². The summed E-state index contributed by atoms with van der Waals surface area (Å²) in [5.74, 6) is -3.84. The molecular formula is C22H19F2N3O5. The number of nitro groups is 1. The molecule has 4 rings (SSSR count). The predicted octanol–water partition coefficient (Wildman–Crippen LogP) is 2.86. The van der Waals surface area contributed by atoms with Gasteiger partial charge in [-0.15, -0.1) is 0 Å². The van der Waals surface area contributed by atoms with Crippen LogP contribution in [0.1, 0.15) is 18.4 Å². The van der Waals surface area contributed by atoms with Crippen LogP contribution in [0.3, 0.4) is 0 Å². The van der Waals surface area contributed by atoms with E-state index in [-0.39, 0.29) is 35.2 Å². The molecule has 0 saturated carbocycles. The average molecular weight is 443 g/mol. The number of hydrogen-bond acceptors (Lipinski definition) is 6. The van der Waals surface area contributed by atoms with Crippen LogP contribution in [0, 0.1) is 27.7 Å². The van der Waals surface area contributed by atoms with Crippen molar-refractivity contribution in [3.63, 3.8) is 0 Å². The Balaban J connectivity index is 1.81. The first-order valence-corrected chi connectivity index (χ1v) is 10.0. The van der Waals surface area contributed by atoms with E-state index in [1.807, 2.05) is 0 Å². The molecular weight excluding hydrogens is 424 g/mol. The maximum Gasteiger partial charge on any atom is 0.282 e. The highest BCUT2D eigenvalue weighted by atomic mass is 19.2. The average Bonchev–Trinajstić information content (AvgIpc) is 3.05. The molecule has 2 aliphatic heterocycles. The summed E-state index contributed by atoms with van der Waals surface area (Å²) < 4.78 is 27.2. The van der Waals surface area contributed by atoms with Gasteiger partial charge < -0.3 is 10.0 Å². The molecule has 1 atom stereocenters. The highest BCUT2D eigenvalue weighted by Crippen LogP contribution is 2.37. The van der Waals surface area contributed by atoms with Crippen LogP contribution in [-0.2, 0) is 9.59 Å². The number of carbonyl (C=O) groups excluding carboxylic acids is 2. The van der Waals surface area contributed by atoms with Gasteiger partial charge in [-0.1, -0.05) is 0 Å². The van der Waals surface area contributed by atoms with E-state index in [1.54, 1.807) is 4.90 Å². The summed E-state index contributed by atoms with van der Waals surface area (Å²) in [7, 11) is 0. The van der Waals surface area contributed by atoms with Gasteiger partial charge in [0.2, 0.25) is 0 Å². The van der Waals surface area contributed by atoms with Gasteiger partial charge in [-0.3, -0.25) is 19.7 Å². The van der Waals surface area contributed by atoms with E-state index in [4.69, 9.17) is 0 Å². The number of nitro benzene ring substituents is 1. The largest absolute Gasteiger partial charge is 0.396 e. The van der Waals surface area contributed by atoms with E-state index in [0.717, 1.165) is 29.5 Å². The number of piperidine rings is 1. The Hall–Kier alpha value is -3.66. The zero-order valence-corrected chi connectivity index (χ0v) is 16.8. The van der Waals surface area contributed by atoms with Crippen molar-refractivity contribution < 1.29 is 28.4 Å². The fraction of sp³-hybridized carbons (Fsp3) is 0.273. The number of likely N-dealkylation sites (tertiary alicyclic amines) is 1. The molecule has 2 aromatic rings. The van der Waals surface area contributed by atoms with Gasteiger partial charge in [0, 0.05) is 37.9 Å². The third-order valence-corrected chi connectivity index (χ3v) is 5.68. The zero-order chi connectivity index (χ0) is 23.0. The van der Waals surface area contributed by atoms with E-state index in [2.05, 4.69) is 0 Å². The molecule has 32 heavy (non-hydrogen) atoms. The molecule has 1 fully saturated rings. The Morgan fingerprint density at radius 1 is 1.06 bits per heavy atom. The Labute approximate surface area is 181 Å². The summed E-state index contributed by atoms with van der Waals surface area (Å²) in [6.07, 6.45) is 1.46. The number of aliphatic hydroxyl groups is 1. The molecule has 166 valence electrons. The zero-order valence-electron chi connectivity index (χ0n) is 16.8. The van der Waals surface area contributed by atoms with Gasteiger partial charge >= 0.3 is 0 Å². The first-order chi connectivity index (χ1) is 15.3. The van der Waals surface area contributed by atoms with Crippen LogP contribution in [0.5, 0.6) is 0 Å². The lowest BCUT2D eigenvalue weighted by atomic mass is 9.97. The van der Waals surface area contributed by atoms with E-state index in [1.165, 1.54) is 24.3 Å². The minimum Gasteiger partial charge on any atom is -0.396 e. The second kappa shape index (κ2) is 8.46. The minimum absolute atomic E-state index is 0.0215. The summed E-state index contributed by atoms with van der Waals surface area (Å²) in [5, 5.41) is 20.6. The van der Waals surface area contributed by atoms with Gasteiger partial charge in [0.05, 0.1) is 16.2 Å². The maximum absolute atomic E-state index is 13.8. The van der Waals surface area contributed by atoms with Crippen molar-refractivity contribution in [1.82, 2.24) is 4.90 Å². The Morgan fingerprint density at radius 3 is 2.41 bits per heavy atom. The van der Waals surface area contributed by atoms with Crippen LogP contribution < -0.4 is 4.90 Å². The van der Waals surface area contributed by atoms with Crippen molar-refractivity contribution in [3.05, 3.63) is 75.5 Å². The number of non-ortho nitro benzene ring substituents is 1. The number of nitrogens with zero attached hydrogens (tertiary/aromatic N) is 3. The standard InChI is InChI=1S/C22H19F2N3O5/c23-17-8-7-16(10-18(17)24)26-21(29)19(14-3-5-15(6-4-14)27(31)32)20(22(26)30)25-9-1-2-13(11-25)12-28/h3-8,10,13,28H,1-2,9,11-12H2. The lowest BCUT2D eigenvalue weighted by Crippen LogP contribution is -2.40. The van der Waals surface area contributed by atoms with Crippen molar-refractivity contribution in [1.29, 1.82) is 0 Å². The van der Waals surface area contributed by atoms with Crippen LogP contribution in [0.4, 0.5) is 20.2 Å². The van der Waals surface area contributed by atoms with E-state index in [9.17, 15) is 33.6 Å². The van der Waals surface area contributed by atoms with Gasteiger partial charge in [0.1, 0.15) is 5.70 Å². The molecule has 1 N–H and O–H groups in total. The molecule has 2 amide bonds. The molecule has 2 aliphatic rings. The minimum atomic E-state index is -1.20. The summed E-state index contributed by atoms with van der Waals surface area (Å²) >= 11 is 0. The van der Waals surface area contributed by atoms with Crippen LogP contribution in [0.15, 0.2) is 48.2 Å². The van der Waals surface area contributed by atoms with Crippen molar-refractivity contribution in [2.75, 3.05) is 24.6 Å². The van der Waals surface area contributed by atoms with Crippen LogP contribution in [0.25, 0.3) is 5.57 Å². The van der Waals surface area contributed by atoms with Gasteiger partial charge in [-0.2, -0.15) is 0 Å². The second-order valence-corrected chi connectivity index (χ2v) is 7.71. The number of amides is 2. The Bertz CT molecular complexity index is 1130. The fourth-order valence-corrected chi connectivity index (χ4v) is 4.10. The number of rotatable bonds is 5. The summed E-state index contributed by atoms with van der Waals surface area (Å²) in [4.78, 5) is 39.6. The van der Waals surface area contributed by atoms with Crippen LogP contribution in [-0.4, -0.2) is 46.4 Å². The molecule has 8 nitrogen and oxygen atoms in total. The fourth-order valence-electron chi connectivity index (χ4n) is 4.10. The third kappa shape index (κ3) is 3.73. The molecule has 0 aliphatic carbocycles. The summed E-state index contributed by atoms with van der Waals surface area (Å²) in [5.41, 5.74) is 0.0904. The number of halogens is 2.